The fraction of sp³-hybridized carbons (Fsp3) is 0.312. The van der Waals surface area contributed by atoms with Gasteiger partial charge in [0.25, 0.3) is 0 Å². The Labute approximate surface area is 132 Å². The van der Waals surface area contributed by atoms with Crippen LogP contribution in [0.3, 0.4) is 0 Å². The van der Waals surface area contributed by atoms with Crippen LogP contribution in [0, 0.1) is 5.82 Å². The number of aryl methyl sites for hydroxylation is 1. The molecule has 0 bridgehead atoms. The Hall–Kier alpha value is -2.70. The number of amides is 1. The van der Waals surface area contributed by atoms with E-state index in [0.29, 0.717) is 17.2 Å². The van der Waals surface area contributed by atoms with Crippen LogP contribution in [0.2, 0.25) is 0 Å². The number of halogens is 1. The summed E-state index contributed by atoms with van der Waals surface area (Å²) >= 11 is 0. The summed E-state index contributed by atoms with van der Waals surface area (Å²) in [5.41, 5.74) is 0.316. The summed E-state index contributed by atoms with van der Waals surface area (Å²) in [7, 11) is 1.55. The van der Waals surface area contributed by atoms with Crippen molar-refractivity contribution in [3.8, 4) is 11.3 Å². The molecule has 0 aliphatic rings. The van der Waals surface area contributed by atoms with Gasteiger partial charge in [-0.2, -0.15) is 0 Å². The molecular weight excluding hydrogens is 303 g/mol. The highest BCUT2D eigenvalue weighted by Gasteiger charge is 2.14. The lowest BCUT2D eigenvalue weighted by Crippen LogP contribution is -2.29. The van der Waals surface area contributed by atoms with E-state index in [-0.39, 0.29) is 31.7 Å². The first-order valence-corrected chi connectivity index (χ1v) is 7.12. The summed E-state index contributed by atoms with van der Waals surface area (Å²) in [4.78, 5) is 27.7. The van der Waals surface area contributed by atoms with E-state index < -0.39 is 11.8 Å². The Kier molecular flexibility index (Phi) is 5.46. The Morgan fingerprint density at radius 2 is 2.04 bits per heavy atom. The molecule has 0 spiro atoms. The van der Waals surface area contributed by atoms with Gasteiger partial charge in [-0.15, -0.1) is 0 Å². The van der Waals surface area contributed by atoms with Crippen LogP contribution >= 0.6 is 0 Å². The average molecular weight is 320 g/mol. The molecule has 6 nitrogen and oxygen atoms in total. The van der Waals surface area contributed by atoms with E-state index in [4.69, 9.17) is 9.52 Å². The van der Waals surface area contributed by atoms with Gasteiger partial charge in [-0.3, -0.25) is 9.59 Å². The molecule has 1 aromatic carbocycles. The molecule has 1 amide bonds. The largest absolute Gasteiger partial charge is 0.481 e. The molecule has 0 atom stereocenters. The quantitative estimate of drug-likeness (QED) is 0.846. The molecule has 0 radical (unpaired) electrons. The van der Waals surface area contributed by atoms with Crippen LogP contribution in [0.25, 0.3) is 11.3 Å². The van der Waals surface area contributed by atoms with Crippen molar-refractivity contribution in [3.05, 3.63) is 42.2 Å². The van der Waals surface area contributed by atoms with Gasteiger partial charge in [0.05, 0.1) is 18.2 Å². The van der Waals surface area contributed by atoms with Crippen LogP contribution in [-0.4, -0.2) is 40.5 Å². The third-order valence-corrected chi connectivity index (χ3v) is 3.33. The normalized spacial score (nSPS) is 10.5. The zero-order chi connectivity index (χ0) is 16.8. The second-order valence-electron chi connectivity index (χ2n) is 5.06. The minimum absolute atomic E-state index is 0.0985. The molecule has 1 aromatic heterocycles. The molecule has 1 heterocycles. The maximum atomic E-state index is 13.7. The van der Waals surface area contributed by atoms with Crippen molar-refractivity contribution >= 4 is 11.9 Å². The fourth-order valence-corrected chi connectivity index (χ4v) is 2.00. The molecule has 122 valence electrons. The minimum atomic E-state index is -0.952. The molecule has 1 N–H and O–H groups in total. The number of oxazole rings is 1. The lowest BCUT2D eigenvalue weighted by molar-refractivity contribution is -0.138. The number of benzene rings is 1. The van der Waals surface area contributed by atoms with Crippen molar-refractivity contribution in [2.75, 3.05) is 13.6 Å². The van der Waals surface area contributed by atoms with E-state index in [0.717, 1.165) is 0 Å². The third-order valence-electron chi connectivity index (χ3n) is 3.33. The van der Waals surface area contributed by atoms with Gasteiger partial charge in [-0.25, -0.2) is 9.37 Å². The van der Waals surface area contributed by atoms with Crippen LogP contribution in [0.4, 0.5) is 4.39 Å². The van der Waals surface area contributed by atoms with Crippen LogP contribution in [0.5, 0.6) is 0 Å². The maximum Gasteiger partial charge on any atom is 0.305 e. The topological polar surface area (TPSA) is 83.6 Å². The van der Waals surface area contributed by atoms with Crippen molar-refractivity contribution in [1.82, 2.24) is 9.88 Å². The molecule has 2 aromatic rings. The number of nitrogens with zero attached hydrogens (tertiary/aromatic N) is 2. The van der Waals surface area contributed by atoms with E-state index in [2.05, 4.69) is 4.98 Å². The van der Waals surface area contributed by atoms with Crippen molar-refractivity contribution in [3.63, 3.8) is 0 Å². The average Bonchev–Trinajstić information content (AvgIpc) is 2.99. The number of carboxylic acids is 1. The summed E-state index contributed by atoms with van der Waals surface area (Å²) in [6.07, 6.45) is 1.74. The van der Waals surface area contributed by atoms with Gasteiger partial charge in [0.2, 0.25) is 5.91 Å². The molecule has 23 heavy (non-hydrogen) atoms. The summed E-state index contributed by atoms with van der Waals surface area (Å²) in [6, 6.07) is 6.20. The number of carbonyl (C=O) groups is 2. The van der Waals surface area contributed by atoms with Gasteiger partial charge in [0.15, 0.2) is 11.7 Å². The molecule has 7 heteroatoms. The Morgan fingerprint density at radius 1 is 1.30 bits per heavy atom. The summed E-state index contributed by atoms with van der Waals surface area (Å²) in [5.74, 6) is -0.906. The van der Waals surface area contributed by atoms with Crippen molar-refractivity contribution in [2.45, 2.75) is 19.3 Å². The lowest BCUT2D eigenvalue weighted by atomic mass is 10.2. The second kappa shape index (κ2) is 7.53. The number of carbonyl (C=O) groups excluding carboxylic acids is 1. The van der Waals surface area contributed by atoms with Gasteiger partial charge >= 0.3 is 5.97 Å². The van der Waals surface area contributed by atoms with Crippen LogP contribution in [0.1, 0.15) is 18.7 Å². The molecule has 0 saturated carbocycles. The highest BCUT2D eigenvalue weighted by Crippen LogP contribution is 2.23. The van der Waals surface area contributed by atoms with Gasteiger partial charge in [0.1, 0.15) is 5.82 Å². The predicted molar refractivity (Wildman–Crippen MR) is 80.1 cm³/mol. The van der Waals surface area contributed by atoms with E-state index in [9.17, 15) is 14.0 Å². The van der Waals surface area contributed by atoms with Crippen molar-refractivity contribution < 1.29 is 23.5 Å². The fourth-order valence-electron chi connectivity index (χ4n) is 2.00. The highest BCUT2D eigenvalue weighted by atomic mass is 19.1. The first-order chi connectivity index (χ1) is 11.0. The smallest absolute Gasteiger partial charge is 0.305 e. The number of rotatable bonds is 7. The van der Waals surface area contributed by atoms with E-state index in [1.807, 2.05) is 0 Å². The Morgan fingerprint density at radius 3 is 2.74 bits per heavy atom. The number of hydrogen-bond donors (Lipinski definition) is 1. The van der Waals surface area contributed by atoms with Crippen LogP contribution < -0.4 is 0 Å². The summed E-state index contributed by atoms with van der Waals surface area (Å²) < 4.78 is 19.1. The molecule has 0 aliphatic carbocycles. The Balaban J connectivity index is 1.91. The predicted octanol–water partition coefficient (Wildman–Crippen LogP) is 2.35. The number of aromatic nitrogens is 1. The zero-order valence-corrected chi connectivity index (χ0v) is 12.7. The second-order valence-corrected chi connectivity index (χ2v) is 5.06. The lowest BCUT2D eigenvalue weighted by Gasteiger charge is -2.15. The van der Waals surface area contributed by atoms with Crippen molar-refractivity contribution in [1.29, 1.82) is 0 Å². The molecule has 0 aliphatic heterocycles. The molecule has 2 rings (SSSR count). The SMILES string of the molecule is CN(CCC(=O)O)C(=O)CCc1ncc(-c2ccccc2F)o1. The van der Waals surface area contributed by atoms with Gasteiger partial charge in [0, 0.05) is 26.4 Å². The highest BCUT2D eigenvalue weighted by molar-refractivity contribution is 5.76. The number of hydrogen-bond acceptors (Lipinski definition) is 4. The number of aliphatic carboxylic acids is 1. The molecule has 0 fully saturated rings. The third kappa shape index (κ3) is 4.64. The van der Waals surface area contributed by atoms with Gasteiger partial charge < -0.3 is 14.4 Å². The molecular formula is C16H17FN2O4. The Bertz CT molecular complexity index is 699. The van der Waals surface area contributed by atoms with Crippen LogP contribution in [0.15, 0.2) is 34.9 Å². The van der Waals surface area contributed by atoms with Gasteiger partial charge in [-0.05, 0) is 12.1 Å². The van der Waals surface area contributed by atoms with Crippen molar-refractivity contribution in [2.24, 2.45) is 0 Å². The minimum Gasteiger partial charge on any atom is -0.481 e. The molecule has 0 saturated heterocycles. The summed E-state index contributed by atoms with van der Waals surface area (Å²) in [5, 5.41) is 8.59. The number of carboxylic acid groups (broad SMARTS) is 1. The van der Waals surface area contributed by atoms with E-state index in [1.165, 1.54) is 17.2 Å². The standard InChI is InChI=1S/C16H17FN2O4/c1-19(9-8-16(21)22)15(20)7-6-14-18-10-13(23-14)11-4-2-3-5-12(11)17/h2-5,10H,6-9H2,1H3,(H,21,22). The zero-order valence-electron chi connectivity index (χ0n) is 12.7. The first-order valence-electron chi connectivity index (χ1n) is 7.12. The molecule has 0 unspecified atom stereocenters. The van der Waals surface area contributed by atoms with Gasteiger partial charge in [-0.1, -0.05) is 12.1 Å². The summed E-state index contributed by atoms with van der Waals surface area (Å²) in [6.45, 7) is 0.153. The maximum absolute atomic E-state index is 13.7. The first kappa shape index (κ1) is 16.7. The monoisotopic (exact) mass is 320 g/mol. The van der Waals surface area contributed by atoms with Crippen LogP contribution in [-0.2, 0) is 16.0 Å². The van der Waals surface area contributed by atoms with E-state index in [1.54, 1.807) is 25.2 Å². The van der Waals surface area contributed by atoms with E-state index >= 15 is 0 Å².